The molecule has 2 aromatic heterocycles. The molecular weight excluding hydrogens is 246 g/mol. The summed E-state index contributed by atoms with van der Waals surface area (Å²) in [5, 5.41) is 10.1. The molecule has 18 heavy (non-hydrogen) atoms. The first kappa shape index (κ1) is 12.6. The Morgan fingerprint density at radius 3 is 3.06 bits per heavy atom. The molecule has 2 heterocycles. The first-order valence-electron chi connectivity index (χ1n) is 5.78. The Kier molecular flexibility index (Phi) is 4.30. The standard InChI is InChI=1S/C13H15N3OS/c1-2-15-12-3-5-14-8-11(12)13(17)16-7-10-4-6-18-9-10/h3-6,8-9H,2,7H2,1H3,(H,14,15)(H,16,17). The maximum atomic E-state index is 12.0. The molecule has 0 saturated heterocycles. The average molecular weight is 261 g/mol. The van der Waals surface area contributed by atoms with E-state index in [2.05, 4.69) is 15.6 Å². The summed E-state index contributed by atoms with van der Waals surface area (Å²) >= 11 is 1.62. The van der Waals surface area contributed by atoms with E-state index >= 15 is 0 Å². The number of nitrogens with one attached hydrogen (secondary N) is 2. The van der Waals surface area contributed by atoms with Crippen LogP contribution in [0, 0.1) is 0 Å². The van der Waals surface area contributed by atoms with Crippen molar-refractivity contribution in [1.82, 2.24) is 10.3 Å². The van der Waals surface area contributed by atoms with E-state index in [4.69, 9.17) is 0 Å². The molecule has 0 bridgehead atoms. The summed E-state index contributed by atoms with van der Waals surface area (Å²) in [5.74, 6) is -0.106. The van der Waals surface area contributed by atoms with E-state index in [1.54, 1.807) is 23.7 Å². The molecule has 0 spiro atoms. The Hall–Kier alpha value is -1.88. The molecular formula is C13H15N3OS. The summed E-state index contributed by atoms with van der Waals surface area (Å²) < 4.78 is 0. The molecule has 0 saturated carbocycles. The second-order valence-electron chi connectivity index (χ2n) is 3.77. The van der Waals surface area contributed by atoms with Crippen molar-refractivity contribution < 1.29 is 4.79 Å². The third-order valence-electron chi connectivity index (χ3n) is 2.47. The molecule has 0 atom stereocenters. The lowest BCUT2D eigenvalue weighted by Gasteiger charge is -2.09. The minimum Gasteiger partial charge on any atom is -0.385 e. The predicted octanol–water partition coefficient (Wildman–Crippen LogP) is 2.50. The maximum absolute atomic E-state index is 12.0. The van der Waals surface area contributed by atoms with E-state index < -0.39 is 0 Å². The van der Waals surface area contributed by atoms with Crippen LogP contribution < -0.4 is 10.6 Å². The number of carbonyl (C=O) groups is 1. The number of carbonyl (C=O) groups excluding carboxylic acids is 1. The van der Waals surface area contributed by atoms with Crippen LogP contribution in [0.1, 0.15) is 22.8 Å². The molecule has 94 valence electrons. The van der Waals surface area contributed by atoms with Gasteiger partial charge in [0.15, 0.2) is 0 Å². The Morgan fingerprint density at radius 1 is 1.44 bits per heavy atom. The number of amides is 1. The predicted molar refractivity (Wildman–Crippen MR) is 73.9 cm³/mol. The fraction of sp³-hybridized carbons (Fsp3) is 0.231. The van der Waals surface area contributed by atoms with Gasteiger partial charge < -0.3 is 10.6 Å². The maximum Gasteiger partial charge on any atom is 0.255 e. The lowest BCUT2D eigenvalue weighted by molar-refractivity contribution is 0.0951. The van der Waals surface area contributed by atoms with Crippen molar-refractivity contribution in [3.8, 4) is 0 Å². The molecule has 0 unspecified atom stereocenters. The molecule has 1 amide bonds. The van der Waals surface area contributed by atoms with Crippen molar-refractivity contribution in [3.63, 3.8) is 0 Å². The quantitative estimate of drug-likeness (QED) is 0.869. The van der Waals surface area contributed by atoms with Gasteiger partial charge >= 0.3 is 0 Å². The third kappa shape index (κ3) is 3.07. The van der Waals surface area contributed by atoms with Crippen LogP contribution in [0.2, 0.25) is 0 Å². The van der Waals surface area contributed by atoms with E-state index in [0.29, 0.717) is 12.1 Å². The van der Waals surface area contributed by atoms with Gasteiger partial charge in [0.2, 0.25) is 0 Å². The monoisotopic (exact) mass is 261 g/mol. The topological polar surface area (TPSA) is 54.0 Å². The molecule has 2 N–H and O–H groups in total. The van der Waals surface area contributed by atoms with Gasteiger partial charge in [-0.15, -0.1) is 0 Å². The number of hydrogen-bond donors (Lipinski definition) is 2. The zero-order valence-corrected chi connectivity index (χ0v) is 11.0. The first-order valence-corrected chi connectivity index (χ1v) is 6.72. The summed E-state index contributed by atoms with van der Waals surface area (Å²) in [6, 6.07) is 3.81. The van der Waals surface area contributed by atoms with Gasteiger partial charge in [0.05, 0.1) is 11.3 Å². The molecule has 0 aromatic carbocycles. The Balaban J connectivity index is 2.04. The van der Waals surface area contributed by atoms with Gasteiger partial charge in [-0.25, -0.2) is 0 Å². The van der Waals surface area contributed by atoms with Gasteiger partial charge in [0, 0.05) is 25.5 Å². The van der Waals surface area contributed by atoms with Crippen LogP contribution in [0.15, 0.2) is 35.3 Å². The largest absolute Gasteiger partial charge is 0.385 e. The van der Waals surface area contributed by atoms with Gasteiger partial charge in [-0.2, -0.15) is 11.3 Å². The van der Waals surface area contributed by atoms with Crippen LogP contribution in [0.25, 0.3) is 0 Å². The highest BCUT2D eigenvalue weighted by atomic mass is 32.1. The highest BCUT2D eigenvalue weighted by Gasteiger charge is 2.10. The van der Waals surface area contributed by atoms with Crippen molar-refractivity contribution in [2.45, 2.75) is 13.5 Å². The van der Waals surface area contributed by atoms with Crippen LogP contribution >= 0.6 is 11.3 Å². The average Bonchev–Trinajstić information content (AvgIpc) is 2.90. The van der Waals surface area contributed by atoms with Crippen LogP contribution in [0.3, 0.4) is 0 Å². The second-order valence-corrected chi connectivity index (χ2v) is 4.55. The summed E-state index contributed by atoms with van der Waals surface area (Å²) in [7, 11) is 0. The van der Waals surface area contributed by atoms with Gasteiger partial charge in [-0.1, -0.05) is 0 Å². The second kappa shape index (κ2) is 6.16. The van der Waals surface area contributed by atoms with Gasteiger partial charge in [-0.05, 0) is 35.4 Å². The van der Waals surface area contributed by atoms with Gasteiger partial charge in [0.1, 0.15) is 0 Å². The molecule has 0 aliphatic carbocycles. The highest BCUT2D eigenvalue weighted by Crippen LogP contribution is 2.13. The molecule has 4 nitrogen and oxygen atoms in total. The Bertz CT molecular complexity index is 511. The number of anilines is 1. The lowest BCUT2D eigenvalue weighted by atomic mass is 10.2. The van der Waals surface area contributed by atoms with Crippen molar-refractivity contribution in [1.29, 1.82) is 0 Å². The molecule has 2 rings (SSSR count). The van der Waals surface area contributed by atoms with Crippen molar-refractivity contribution >= 4 is 22.9 Å². The lowest BCUT2D eigenvalue weighted by Crippen LogP contribution is -2.23. The van der Waals surface area contributed by atoms with Gasteiger partial charge in [0.25, 0.3) is 5.91 Å². The van der Waals surface area contributed by atoms with Crippen molar-refractivity contribution in [2.75, 3.05) is 11.9 Å². The normalized spacial score (nSPS) is 10.1. The number of hydrogen-bond acceptors (Lipinski definition) is 4. The smallest absolute Gasteiger partial charge is 0.255 e. The molecule has 0 fully saturated rings. The zero-order chi connectivity index (χ0) is 12.8. The number of thiophene rings is 1. The van der Waals surface area contributed by atoms with Crippen molar-refractivity contribution in [2.24, 2.45) is 0 Å². The van der Waals surface area contributed by atoms with Gasteiger partial charge in [-0.3, -0.25) is 9.78 Å². The minimum atomic E-state index is -0.106. The summed E-state index contributed by atoms with van der Waals surface area (Å²) in [5.41, 5.74) is 2.51. The van der Waals surface area contributed by atoms with E-state index in [9.17, 15) is 4.79 Å². The summed E-state index contributed by atoms with van der Waals surface area (Å²) in [6.45, 7) is 3.31. The SMILES string of the molecule is CCNc1ccncc1C(=O)NCc1ccsc1. The zero-order valence-electron chi connectivity index (χ0n) is 10.1. The minimum absolute atomic E-state index is 0.106. The first-order chi connectivity index (χ1) is 8.81. The Labute approximate surface area is 110 Å². The van der Waals surface area contributed by atoms with Crippen LogP contribution in [-0.2, 0) is 6.54 Å². The van der Waals surface area contributed by atoms with E-state index in [-0.39, 0.29) is 5.91 Å². The molecule has 0 radical (unpaired) electrons. The van der Waals surface area contributed by atoms with Crippen LogP contribution in [0.4, 0.5) is 5.69 Å². The number of nitrogens with zero attached hydrogens (tertiary/aromatic N) is 1. The fourth-order valence-corrected chi connectivity index (χ4v) is 2.26. The van der Waals surface area contributed by atoms with E-state index in [1.807, 2.05) is 29.8 Å². The van der Waals surface area contributed by atoms with E-state index in [1.165, 1.54) is 0 Å². The third-order valence-corrected chi connectivity index (χ3v) is 3.20. The number of aromatic nitrogens is 1. The molecule has 2 aromatic rings. The molecule has 0 aliphatic heterocycles. The van der Waals surface area contributed by atoms with Crippen LogP contribution in [0.5, 0.6) is 0 Å². The molecule has 5 heteroatoms. The number of rotatable bonds is 5. The summed E-state index contributed by atoms with van der Waals surface area (Å²) in [6.07, 6.45) is 3.26. The van der Waals surface area contributed by atoms with Crippen LogP contribution in [-0.4, -0.2) is 17.4 Å². The highest BCUT2D eigenvalue weighted by molar-refractivity contribution is 7.07. The Morgan fingerprint density at radius 2 is 2.33 bits per heavy atom. The number of pyridine rings is 1. The van der Waals surface area contributed by atoms with E-state index in [0.717, 1.165) is 17.8 Å². The molecule has 0 aliphatic rings. The fourth-order valence-electron chi connectivity index (χ4n) is 1.59. The summed E-state index contributed by atoms with van der Waals surface area (Å²) in [4.78, 5) is 16.0. The van der Waals surface area contributed by atoms with Crippen molar-refractivity contribution in [3.05, 3.63) is 46.4 Å².